The molecule has 4 fully saturated rings. The van der Waals surface area contributed by atoms with Crippen LogP contribution in [0.4, 0.5) is 4.39 Å². The molecule has 0 spiro atoms. The Morgan fingerprint density at radius 1 is 1.06 bits per heavy atom. The van der Waals surface area contributed by atoms with Crippen LogP contribution in [0.25, 0.3) is 21.8 Å². The number of para-hydroxylation sites is 1. The number of carbonyl (C=O) groups is 4. The van der Waals surface area contributed by atoms with Crippen molar-refractivity contribution in [3.8, 4) is 23.5 Å². The van der Waals surface area contributed by atoms with Crippen molar-refractivity contribution in [3.05, 3.63) is 63.7 Å². The minimum absolute atomic E-state index is 0.0241. The van der Waals surface area contributed by atoms with E-state index in [1.165, 1.54) is 11.7 Å². The second-order valence-corrected chi connectivity index (χ2v) is 17.4. The molecule has 3 saturated heterocycles. The summed E-state index contributed by atoms with van der Waals surface area (Å²) in [5.41, 5.74) is 8.61. The van der Waals surface area contributed by atoms with Gasteiger partial charge in [0.05, 0.1) is 61.2 Å². The van der Waals surface area contributed by atoms with Crippen LogP contribution in [-0.4, -0.2) is 114 Å². The van der Waals surface area contributed by atoms with Gasteiger partial charge in [0, 0.05) is 61.9 Å². The van der Waals surface area contributed by atoms with Crippen LogP contribution in [0.5, 0.6) is 11.6 Å². The summed E-state index contributed by atoms with van der Waals surface area (Å²) in [5.74, 6) is 5.47. The number of pyridine rings is 1. The number of nitrogens with two attached hydrogens (primary N) is 1. The number of rotatable bonds is 14. The highest BCUT2D eigenvalue weighted by Crippen LogP contribution is 2.35. The highest BCUT2D eigenvalue weighted by atomic mass is 19.1. The topological polar surface area (TPSA) is 198 Å². The van der Waals surface area contributed by atoms with E-state index < -0.39 is 41.9 Å². The number of hydrogen-bond acceptors (Lipinski definition) is 11. The lowest BCUT2D eigenvalue weighted by Crippen LogP contribution is -2.46. The molecule has 1 saturated carbocycles. The van der Waals surface area contributed by atoms with Crippen LogP contribution in [-0.2, 0) is 37.3 Å². The van der Waals surface area contributed by atoms with Crippen LogP contribution >= 0.6 is 0 Å². The van der Waals surface area contributed by atoms with Crippen molar-refractivity contribution >= 4 is 45.4 Å². The molecule has 64 heavy (non-hydrogen) atoms. The fourth-order valence-corrected chi connectivity index (χ4v) is 9.84. The van der Waals surface area contributed by atoms with Gasteiger partial charge in [-0.3, -0.25) is 38.5 Å². The van der Waals surface area contributed by atoms with E-state index in [2.05, 4.69) is 32.4 Å². The molecule has 17 heteroatoms. The summed E-state index contributed by atoms with van der Waals surface area (Å²) in [6.07, 6.45) is 5.49. The molecular formula is C47H56FN7O9. The maximum absolute atomic E-state index is 14.5. The zero-order valence-corrected chi connectivity index (χ0v) is 36.5. The fourth-order valence-electron chi connectivity index (χ4n) is 9.84. The monoisotopic (exact) mass is 881 g/mol. The van der Waals surface area contributed by atoms with E-state index in [0.29, 0.717) is 60.4 Å². The Balaban J connectivity index is 0.839. The lowest BCUT2D eigenvalue weighted by molar-refractivity contribution is -0.135. The molecule has 2 aromatic carbocycles. The quantitative estimate of drug-likeness (QED) is 0.0955. The molecule has 1 unspecified atom stereocenters. The van der Waals surface area contributed by atoms with E-state index in [4.69, 9.17) is 24.7 Å². The Morgan fingerprint density at radius 2 is 1.88 bits per heavy atom. The highest BCUT2D eigenvalue weighted by molar-refractivity contribution is 6.03. The summed E-state index contributed by atoms with van der Waals surface area (Å²) < 4.78 is 41.3. The zero-order valence-electron chi connectivity index (χ0n) is 36.5. The van der Waals surface area contributed by atoms with Gasteiger partial charge in [0.25, 0.3) is 11.8 Å². The molecule has 5 atom stereocenters. The van der Waals surface area contributed by atoms with Gasteiger partial charge in [-0.15, -0.1) is 0 Å². The van der Waals surface area contributed by atoms with Crippen molar-refractivity contribution in [1.29, 1.82) is 0 Å². The number of aromatic nitrogens is 3. The van der Waals surface area contributed by atoms with Crippen molar-refractivity contribution in [2.45, 2.75) is 82.6 Å². The Hall–Kier alpha value is -5.83. The molecule has 0 bridgehead atoms. The molecule has 4 aliphatic rings. The smallest absolute Gasteiger partial charge is 0.329 e. The number of imidazole rings is 1. The number of nitrogens with zero attached hydrogens (tertiary/aromatic N) is 4. The summed E-state index contributed by atoms with van der Waals surface area (Å²) in [6.45, 7) is 6.00. The molecule has 4 aromatic rings. The molecule has 4 N–H and O–H groups in total. The Morgan fingerprint density at radius 3 is 2.62 bits per heavy atom. The van der Waals surface area contributed by atoms with Gasteiger partial charge in [0.2, 0.25) is 17.7 Å². The minimum atomic E-state index is -1.59. The number of piperidine rings is 1. The maximum atomic E-state index is 14.5. The van der Waals surface area contributed by atoms with E-state index in [9.17, 15) is 28.4 Å². The van der Waals surface area contributed by atoms with E-state index >= 15 is 0 Å². The summed E-state index contributed by atoms with van der Waals surface area (Å²) >= 11 is 0. The standard InChI is InChI=1S/C47H56FN7O9/c1-4-32-36(51-45(59)41(32)48)26-64-46-34-21-39(61-3)35(43(49)57)20-33(34)30(22-50-46)13-12-27-8-10-28(11-9-27)23-54-17-19-63-31(24-54)25-62-18-16-29-6-5-7-37-42(29)53(2)47(60)55(37)38-14-15-40(56)52-44(38)58/h5-7,20-22,27-28,31-32,36,38,41H,4,8-11,14-19,23-26H2,1-3H3,(H2,49,57)(H,51,59)(H,52,56,58)/t27-,28-,31-,32+,36-,38?,41+/m1/s1. The maximum Gasteiger partial charge on any atom is 0.329 e. The minimum Gasteiger partial charge on any atom is -0.496 e. The average molecular weight is 882 g/mol. The molecule has 16 nitrogen and oxygen atoms in total. The van der Waals surface area contributed by atoms with E-state index in [1.807, 2.05) is 25.1 Å². The number of hydrogen-bond donors (Lipinski definition) is 3. The first-order valence-corrected chi connectivity index (χ1v) is 22.3. The Bertz CT molecular complexity index is 2560. The lowest BCUT2D eigenvalue weighted by atomic mass is 9.82. The largest absolute Gasteiger partial charge is 0.496 e. The van der Waals surface area contributed by atoms with E-state index in [0.717, 1.165) is 56.4 Å². The van der Waals surface area contributed by atoms with Crippen LogP contribution in [0.15, 0.2) is 41.3 Å². The number of primary amides is 1. The first-order chi connectivity index (χ1) is 30.9. The molecule has 5 heterocycles. The van der Waals surface area contributed by atoms with Crippen LogP contribution in [0, 0.1) is 29.6 Å². The first-order valence-electron chi connectivity index (χ1n) is 22.3. The van der Waals surface area contributed by atoms with Crippen LogP contribution in [0.3, 0.4) is 0 Å². The third-order valence-electron chi connectivity index (χ3n) is 13.3. The number of carbonyl (C=O) groups excluding carboxylic acids is 4. The van der Waals surface area contributed by atoms with Gasteiger partial charge in [-0.2, -0.15) is 0 Å². The van der Waals surface area contributed by atoms with Gasteiger partial charge in [-0.25, -0.2) is 14.2 Å². The zero-order chi connectivity index (χ0) is 45.1. The summed E-state index contributed by atoms with van der Waals surface area (Å²) in [5, 5.41) is 6.23. The van der Waals surface area contributed by atoms with Crippen LogP contribution in [0.1, 0.15) is 79.4 Å². The number of aryl methyl sites for hydroxylation is 1. The predicted molar refractivity (Wildman–Crippen MR) is 235 cm³/mol. The number of amides is 4. The highest BCUT2D eigenvalue weighted by Gasteiger charge is 2.42. The molecule has 3 aliphatic heterocycles. The van der Waals surface area contributed by atoms with Gasteiger partial charge in [-0.05, 0) is 74.6 Å². The number of ether oxygens (including phenoxy) is 4. The second kappa shape index (κ2) is 19.5. The Labute approximate surface area is 370 Å². The molecule has 0 radical (unpaired) electrons. The van der Waals surface area contributed by atoms with Crippen LogP contribution in [0.2, 0.25) is 0 Å². The predicted octanol–water partition coefficient (Wildman–Crippen LogP) is 3.33. The third-order valence-corrected chi connectivity index (χ3v) is 13.3. The van der Waals surface area contributed by atoms with Crippen molar-refractivity contribution in [2.75, 3.05) is 53.2 Å². The van der Waals surface area contributed by atoms with Crippen molar-refractivity contribution in [2.24, 2.45) is 30.5 Å². The summed E-state index contributed by atoms with van der Waals surface area (Å²) in [4.78, 5) is 69.2. The normalized spacial score (nSPS) is 25.2. The number of halogens is 1. The molecule has 1 aliphatic carbocycles. The van der Waals surface area contributed by atoms with Gasteiger partial charge in [0.1, 0.15) is 18.4 Å². The molecular weight excluding hydrogens is 826 g/mol. The third kappa shape index (κ3) is 9.36. The fraction of sp³-hybridized carbons (Fsp3) is 0.532. The van der Waals surface area contributed by atoms with Crippen molar-refractivity contribution in [3.63, 3.8) is 0 Å². The number of methoxy groups -OCH3 is 1. The second-order valence-electron chi connectivity index (χ2n) is 17.4. The number of alkyl halides is 1. The average Bonchev–Trinajstić information content (AvgIpc) is 3.72. The Kier molecular flexibility index (Phi) is 13.6. The summed E-state index contributed by atoms with van der Waals surface area (Å²) in [7, 11) is 3.15. The van der Waals surface area contributed by atoms with E-state index in [1.54, 1.807) is 29.9 Å². The summed E-state index contributed by atoms with van der Waals surface area (Å²) in [6, 6.07) is 7.74. The van der Waals surface area contributed by atoms with Gasteiger partial charge in [-0.1, -0.05) is 30.9 Å². The molecule has 2 aromatic heterocycles. The number of fused-ring (bicyclic) bond motifs is 2. The molecule has 4 amide bonds. The van der Waals surface area contributed by atoms with Gasteiger partial charge in [0.15, 0.2) is 6.17 Å². The van der Waals surface area contributed by atoms with Gasteiger partial charge < -0.3 is 30.0 Å². The number of nitrogens with one attached hydrogen (secondary N) is 2. The number of morpholine rings is 1. The van der Waals surface area contributed by atoms with Crippen molar-refractivity contribution < 1.29 is 42.5 Å². The number of benzene rings is 2. The molecule has 340 valence electrons. The van der Waals surface area contributed by atoms with Crippen LogP contribution < -0.4 is 31.5 Å². The van der Waals surface area contributed by atoms with Gasteiger partial charge >= 0.3 is 5.69 Å². The number of imide groups is 1. The SMILES string of the molecule is CC[C@@H]1[C@H](F)C(=O)N[C@@H]1COc1ncc(C#C[C@H]2CC[C@H](CN3CCO[C@@H](COCCc4cccc5c4n(C)c(=O)n5C4CCC(=O)NC4=O)C3)CC2)c2cc(C(N)=O)c(OC)cc12. The molecule has 8 rings (SSSR count). The van der Waals surface area contributed by atoms with Crippen molar-refractivity contribution in [1.82, 2.24) is 29.7 Å². The first kappa shape index (κ1) is 44.8. The lowest BCUT2D eigenvalue weighted by Gasteiger charge is -2.36. The van der Waals surface area contributed by atoms with E-state index in [-0.39, 0.29) is 60.3 Å².